The lowest BCUT2D eigenvalue weighted by molar-refractivity contribution is -0.118. The molecule has 4 rings (SSSR count). The van der Waals surface area contributed by atoms with Gasteiger partial charge in [-0.2, -0.15) is 9.46 Å². The number of carbonyl (C=O) groups excluding carboxylic acids is 1. The summed E-state index contributed by atoms with van der Waals surface area (Å²) in [6, 6.07) is 9.33. The first kappa shape index (κ1) is 18.8. The third-order valence-corrected chi connectivity index (χ3v) is 8.19. The van der Waals surface area contributed by atoms with E-state index >= 15 is 0 Å². The third kappa shape index (κ3) is 3.46. The lowest BCUT2D eigenvalue weighted by atomic mass is 10.2. The summed E-state index contributed by atoms with van der Waals surface area (Å²) in [7, 11) is -2.83. The molecule has 1 aliphatic carbocycles. The second-order valence-electron chi connectivity index (χ2n) is 7.22. The van der Waals surface area contributed by atoms with Crippen molar-refractivity contribution in [1.29, 1.82) is 0 Å². The van der Waals surface area contributed by atoms with Gasteiger partial charge >= 0.3 is 0 Å². The first-order valence-electron chi connectivity index (χ1n) is 9.75. The van der Waals surface area contributed by atoms with Crippen LogP contribution in [0.2, 0.25) is 0 Å². The molecule has 0 bridgehead atoms. The minimum atomic E-state index is -2.83. The number of hydrogen-bond donors (Lipinski definition) is 0. The monoisotopic (exact) mass is 396 g/mol. The summed E-state index contributed by atoms with van der Waals surface area (Å²) in [4.78, 5) is 17.2. The molecule has 0 radical (unpaired) electrons. The van der Waals surface area contributed by atoms with Gasteiger partial charge in [-0.05, 0) is 56.0 Å². The summed E-state index contributed by atoms with van der Waals surface area (Å²) in [6.07, 6.45) is 8.49. The first-order valence-corrected chi connectivity index (χ1v) is 11.3. The summed E-state index contributed by atoms with van der Waals surface area (Å²) in [5.41, 5.74) is 1.65. The molecule has 6 nitrogen and oxygen atoms in total. The van der Waals surface area contributed by atoms with Crippen LogP contribution in [0.15, 0.2) is 58.2 Å². The lowest BCUT2D eigenvalue weighted by Gasteiger charge is -2.19. The van der Waals surface area contributed by atoms with E-state index in [0.29, 0.717) is 17.7 Å². The molecule has 1 unspecified atom stereocenters. The van der Waals surface area contributed by atoms with Gasteiger partial charge in [-0.25, -0.2) is 8.89 Å². The second kappa shape index (κ2) is 7.47. The molecule has 0 N–H and O–H groups in total. The number of benzene rings is 1. The van der Waals surface area contributed by atoms with Gasteiger partial charge in [0, 0.05) is 33.8 Å². The van der Waals surface area contributed by atoms with E-state index in [2.05, 4.69) is 14.4 Å². The molecule has 1 saturated carbocycles. The summed E-state index contributed by atoms with van der Waals surface area (Å²) in [6.45, 7) is 4.01. The summed E-state index contributed by atoms with van der Waals surface area (Å²) in [5.74, 6) is -0.240. The van der Waals surface area contributed by atoms with Crippen LogP contribution in [0, 0.1) is 5.92 Å². The zero-order valence-corrected chi connectivity index (χ0v) is 16.9. The summed E-state index contributed by atoms with van der Waals surface area (Å²) < 4.78 is 20.1. The fourth-order valence-corrected chi connectivity index (χ4v) is 5.92. The zero-order valence-electron chi connectivity index (χ0n) is 16.1. The van der Waals surface area contributed by atoms with E-state index in [-0.39, 0.29) is 17.1 Å². The molecule has 1 fully saturated rings. The molecule has 1 aromatic carbocycles. The predicted octanol–water partition coefficient (Wildman–Crippen LogP) is 4.37. The minimum Gasteiger partial charge on any atom is -0.272 e. The summed E-state index contributed by atoms with van der Waals surface area (Å²) >= 11 is 0. The molecule has 28 heavy (non-hydrogen) atoms. The topological polar surface area (TPSA) is 77.2 Å². The van der Waals surface area contributed by atoms with E-state index in [4.69, 9.17) is 0 Å². The fourth-order valence-electron chi connectivity index (χ4n) is 3.41. The van der Waals surface area contributed by atoms with E-state index in [1.807, 2.05) is 50.4 Å². The highest BCUT2D eigenvalue weighted by molar-refractivity contribution is 7.94. The lowest BCUT2D eigenvalue weighted by Crippen LogP contribution is -2.21. The first-order chi connectivity index (χ1) is 13.5. The van der Waals surface area contributed by atoms with Crippen LogP contribution in [0.4, 0.5) is 0 Å². The van der Waals surface area contributed by atoms with Crippen LogP contribution >= 0.6 is 0 Å². The average molecular weight is 397 g/mol. The second-order valence-corrected chi connectivity index (χ2v) is 9.67. The highest BCUT2D eigenvalue weighted by Crippen LogP contribution is 2.33. The maximum absolute atomic E-state index is 14.0. The van der Waals surface area contributed by atoms with E-state index < -0.39 is 9.73 Å². The van der Waals surface area contributed by atoms with E-state index in [1.54, 1.807) is 17.1 Å². The quantitative estimate of drug-likeness (QED) is 0.620. The van der Waals surface area contributed by atoms with Crippen molar-refractivity contribution in [3.8, 4) is 5.69 Å². The van der Waals surface area contributed by atoms with Crippen LogP contribution in [0.3, 0.4) is 0 Å². The Kier molecular flexibility index (Phi) is 5.02. The SMILES string of the molecule is CCC(CC)S(=O)(=NC(=O)C1CC1)c1ccc2nn(-c3cccnc3)cc2c1. The van der Waals surface area contributed by atoms with Gasteiger partial charge in [0.05, 0.1) is 27.1 Å². The molecule has 2 heterocycles. The maximum Gasteiger partial charge on any atom is 0.257 e. The van der Waals surface area contributed by atoms with Gasteiger partial charge in [-0.15, -0.1) is 0 Å². The van der Waals surface area contributed by atoms with E-state index in [0.717, 1.165) is 29.4 Å². The van der Waals surface area contributed by atoms with Crippen molar-refractivity contribution < 1.29 is 9.00 Å². The Morgan fingerprint density at radius 2 is 2.07 bits per heavy atom. The summed E-state index contributed by atoms with van der Waals surface area (Å²) in [5, 5.41) is 5.29. The van der Waals surface area contributed by atoms with Gasteiger partial charge in [-0.3, -0.25) is 9.78 Å². The van der Waals surface area contributed by atoms with Crippen LogP contribution in [-0.4, -0.2) is 30.1 Å². The number of fused-ring (bicyclic) bond motifs is 1. The van der Waals surface area contributed by atoms with Crippen LogP contribution < -0.4 is 0 Å². The maximum atomic E-state index is 14.0. The average Bonchev–Trinajstić information content (AvgIpc) is 3.48. The Labute approximate surface area is 165 Å². The number of amides is 1. The normalized spacial score (nSPS) is 16.2. The van der Waals surface area contributed by atoms with Crippen LogP contribution in [-0.2, 0) is 14.5 Å². The Balaban J connectivity index is 1.82. The Bertz CT molecular complexity index is 1120. The van der Waals surface area contributed by atoms with Gasteiger partial charge < -0.3 is 0 Å². The molecule has 1 aliphatic rings. The van der Waals surface area contributed by atoms with Crippen molar-refractivity contribution in [3.05, 3.63) is 48.9 Å². The van der Waals surface area contributed by atoms with Crippen LogP contribution in [0.25, 0.3) is 16.6 Å². The predicted molar refractivity (Wildman–Crippen MR) is 110 cm³/mol. The number of hydrogen-bond acceptors (Lipinski definition) is 4. The largest absolute Gasteiger partial charge is 0.272 e. The van der Waals surface area contributed by atoms with Crippen molar-refractivity contribution in [2.24, 2.45) is 10.3 Å². The standard InChI is InChI=1S/C21H24N4O2S/c1-3-18(4-2)28(27,24-21(26)15-7-8-15)19-9-10-20-16(12-19)14-25(23-20)17-6-5-11-22-13-17/h5-6,9-15,18H,3-4,7-8H2,1-2H3. The van der Waals surface area contributed by atoms with Crippen LogP contribution in [0.1, 0.15) is 39.5 Å². The Morgan fingerprint density at radius 3 is 2.71 bits per heavy atom. The van der Waals surface area contributed by atoms with Crippen molar-refractivity contribution in [1.82, 2.24) is 14.8 Å². The molecular weight excluding hydrogens is 372 g/mol. The van der Waals surface area contributed by atoms with Gasteiger partial charge in [0.1, 0.15) is 0 Å². The molecule has 0 aliphatic heterocycles. The number of carbonyl (C=O) groups is 1. The third-order valence-electron chi connectivity index (χ3n) is 5.24. The number of nitrogens with zero attached hydrogens (tertiary/aromatic N) is 4. The number of aromatic nitrogens is 3. The van der Waals surface area contributed by atoms with Crippen molar-refractivity contribution >= 4 is 26.5 Å². The molecule has 1 amide bonds. The Hall–Kier alpha value is -2.54. The van der Waals surface area contributed by atoms with Gasteiger partial charge in [-0.1, -0.05) is 13.8 Å². The van der Waals surface area contributed by atoms with Crippen LogP contribution in [0.5, 0.6) is 0 Å². The van der Waals surface area contributed by atoms with Gasteiger partial charge in [0.25, 0.3) is 5.91 Å². The molecule has 2 aromatic heterocycles. The molecule has 0 spiro atoms. The van der Waals surface area contributed by atoms with Crippen molar-refractivity contribution in [2.45, 2.75) is 49.7 Å². The van der Waals surface area contributed by atoms with E-state index in [1.165, 1.54) is 0 Å². The molecule has 7 heteroatoms. The van der Waals surface area contributed by atoms with Crippen molar-refractivity contribution in [3.63, 3.8) is 0 Å². The fraction of sp³-hybridized carbons (Fsp3) is 0.381. The number of rotatable bonds is 6. The van der Waals surface area contributed by atoms with E-state index in [9.17, 15) is 9.00 Å². The zero-order chi connectivity index (χ0) is 19.7. The molecule has 146 valence electrons. The number of pyridine rings is 1. The van der Waals surface area contributed by atoms with Gasteiger partial charge in [0.2, 0.25) is 0 Å². The molecule has 3 aromatic rings. The highest BCUT2D eigenvalue weighted by atomic mass is 32.2. The molecule has 1 atom stereocenters. The van der Waals surface area contributed by atoms with Gasteiger partial charge in [0.15, 0.2) is 0 Å². The highest BCUT2D eigenvalue weighted by Gasteiger charge is 2.33. The molecular formula is C21H24N4O2S. The minimum absolute atomic E-state index is 0.0350. The molecule has 0 saturated heterocycles. The smallest absolute Gasteiger partial charge is 0.257 e. The van der Waals surface area contributed by atoms with Crippen molar-refractivity contribution in [2.75, 3.05) is 0 Å². The Morgan fingerprint density at radius 1 is 1.29 bits per heavy atom.